The number of hydrogen-bond acceptors (Lipinski definition) is 4. The molecule has 214 valence electrons. The standard InChI is InChI=1S/C29H24Cl2F2N2O5S/c1-41(40)18-5-2-4-16(12-18)13-24(29(38)39)34-28(37)26-21(30)14-17-15-35(11-10-19(17)27(26)31)25(36)9-8-20-22(32)6-3-7-23(20)33/h2-9,12,14,24H,10-11,13,15H2,1H3,(H,34,37)(H,38,39)/b9-8+/t24-,41?/m0/s1. The lowest BCUT2D eigenvalue weighted by molar-refractivity contribution is -0.139. The maximum absolute atomic E-state index is 13.9. The van der Waals surface area contributed by atoms with Crippen LogP contribution in [-0.2, 0) is 39.8 Å². The molecule has 0 radical (unpaired) electrons. The first-order chi connectivity index (χ1) is 19.5. The summed E-state index contributed by atoms with van der Waals surface area (Å²) in [4.78, 5) is 39.8. The highest BCUT2D eigenvalue weighted by Crippen LogP contribution is 2.35. The number of rotatable bonds is 8. The molecule has 0 aliphatic carbocycles. The highest BCUT2D eigenvalue weighted by atomic mass is 35.5. The predicted octanol–water partition coefficient (Wildman–Crippen LogP) is 5.03. The molecule has 0 fully saturated rings. The summed E-state index contributed by atoms with van der Waals surface area (Å²) >= 11 is 13.0. The Balaban J connectivity index is 1.51. The molecule has 0 spiro atoms. The van der Waals surface area contributed by atoms with Gasteiger partial charge in [-0.25, -0.2) is 13.6 Å². The Labute approximate surface area is 247 Å². The Morgan fingerprint density at radius 2 is 1.80 bits per heavy atom. The third kappa shape index (κ3) is 7.01. The van der Waals surface area contributed by atoms with Crippen molar-refractivity contribution in [3.63, 3.8) is 0 Å². The van der Waals surface area contributed by atoms with Crippen LogP contribution in [0.5, 0.6) is 0 Å². The zero-order valence-electron chi connectivity index (χ0n) is 21.6. The van der Waals surface area contributed by atoms with Gasteiger partial charge >= 0.3 is 5.97 Å². The van der Waals surface area contributed by atoms with Gasteiger partial charge in [0.25, 0.3) is 5.91 Å². The van der Waals surface area contributed by atoms with Crippen molar-refractivity contribution in [1.29, 1.82) is 0 Å². The molecule has 4 rings (SSSR count). The van der Waals surface area contributed by atoms with Crippen LogP contribution >= 0.6 is 23.2 Å². The van der Waals surface area contributed by atoms with Crippen molar-refractivity contribution in [3.8, 4) is 0 Å². The Morgan fingerprint density at radius 1 is 1.12 bits per heavy atom. The number of nitrogens with one attached hydrogen (secondary N) is 1. The molecule has 0 bridgehead atoms. The minimum Gasteiger partial charge on any atom is -0.480 e. The molecule has 3 aromatic rings. The van der Waals surface area contributed by atoms with Crippen LogP contribution < -0.4 is 5.32 Å². The second kappa shape index (κ2) is 12.9. The average Bonchev–Trinajstić information content (AvgIpc) is 2.92. The van der Waals surface area contributed by atoms with E-state index < -0.39 is 46.3 Å². The lowest BCUT2D eigenvalue weighted by Gasteiger charge is -2.29. The highest BCUT2D eigenvalue weighted by Gasteiger charge is 2.29. The Kier molecular flexibility index (Phi) is 9.57. The van der Waals surface area contributed by atoms with Crippen LogP contribution in [0.4, 0.5) is 8.78 Å². The molecule has 2 amide bonds. The number of carbonyl (C=O) groups is 3. The van der Waals surface area contributed by atoms with E-state index in [0.717, 1.165) is 24.3 Å². The van der Waals surface area contributed by atoms with E-state index in [2.05, 4.69) is 5.32 Å². The van der Waals surface area contributed by atoms with Gasteiger partial charge in [-0.1, -0.05) is 41.4 Å². The van der Waals surface area contributed by atoms with E-state index >= 15 is 0 Å². The van der Waals surface area contributed by atoms with Crippen molar-refractivity contribution >= 4 is 57.9 Å². The Bertz CT molecular complexity index is 1580. The zero-order valence-corrected chi connectivity index (χ0v) is 24.0. The van der Waals surface area contributed by atoms with Gasteiger partial charge in [0.05, 0.1) is 15.6 Å². The lowest BCUT2D eigenvalue weighted by Crippen LogP contribution is -2.42. The largest absolute Gasteiger partial charge is 0.480 e. The second-order valence-electron chi connectivity index (χ2n) is 9.33. The molecular weight excluding hydrogens is 597 g/mol. The fraction of sp³-hybridized carbons (Fsp3) is 0.207. The third-order valence-electron chi connectivity index (χ3n) is 6.61. The predicted molar refractivity (Wildman–Crippen MR) is 152 cm³/mol. The van der Waals surface area contributed by atoms with Crippen molar-refractivity contribution in [3.05, 3.63) is 104 Å². The molecule has 0 aromatic heterocycles. The summed E-state index contributed by atoms with van der Waals surface area (Å²) in [5.74, 6) is -4.12. The normalized spacial score (nSPS) is 14.4. The molecule has 2 N–H and O–H groups in total. The molecule has 1 heterocycles. The molecule has 0 saturated carbocycles. The number of nitrogens with zero attached hydrogens (tertiary/aromatic N) is 1. The van der Waals surface area contributed by atoms with Gasteiger partial charge < -0.3 is 15.3 Å². The van der Waals surface area contributed by atoms with Gasteiger partial charge in [-0.3, -0.25) is 13.8 Å². The van der Waals surface area contributed by atoms with Crippen LogP contribution in [0.25, 0.3) is 6.08 Å². The highest BCUT2D eigenvalue weighted by molar-refractivity contribution is 7.84. The van der Waals surface area contributed by atoms with E-state index in [-0.39, 0.29) is 47.1 Å². The molecule has 1 aliphatic heterocycles. The maximum atomic E-state index is 13.9. The molecule has 1 aliphatic rings. The van der Waals surface area contributed by atoms with Gasteiger partial charge in [0.2, 0.25) is 5.91 Å². The van der Waals surface area contributed by atoms with E-state index in [9.17, 15) is 32.5 Å². The Morgan fingerprint density at radius 3 is 2.46 bits per heavy atom. The maximum Gasteiger partial charge on any atom is 0.326 e. The summed E-state index contributed by atoms with van der Waals surface area (Å²) in [5, 5.41) is 12.2. The minimum atomic E-state index is -1.31. The fourth-order valence-corrected chi connectivity index (χ4v) is 5.85. The monoisotopic (exact) mass is 620 g/mol. The Hall–Kier alpha value is -3.60. The number of carboxylic acids is 1. The van der Waals surface area contributed by atoms with E-state index in [0.29, 0.717) is 21.6 Å². The topological polar surface area (TPSA) is 104 Å². The van der Waals surface area contributed by atoms with Crippen molar-refractivity contribution in [1.82, 2.24) is 10.2 Å². The summed E-state index contributed by atoms with van der Waals surface area (Å²) in [5.41, 5.74) is 1.33. The first kappa shape index (κ1) is 30.4. The summed E-state index contributed by atoms with van der Waals surface area (Å²) in [6.07, 6.45) is 3.87. The second-order valence-corrected chi connectivity index (χ2v) is 11.5. The van der Waals surface area contributed by atoms with Gasteiger partial charge in [0.1, 0.15) is 17.7 Å². The molecule has 1 unspecified atom stereocenters. The zero-order chi connectivity index (χ0) is 29.8. The number of carbonyl (C=O) groups excluding carboxylic acids is 2. The number of carboxylic acid groups (broad SMARTS) is 1. The number of amides is 2. The molecule has 0 saturated heterocycles. The van der Waals surface area contributed by atoms with Crippen LogP contribution in [0.1, 0.15) is 32.6 Å². The SMILES string of the molecule is CS(=O)c1cccc(C[C@H](NC(=O)c2c(Cl)cc3c(c2Cl)CCN(C(=O)/C=C/c2c(F)cccc2F)C3)C(=O)O)c1. The smallest absolute Gasteiger partial charge is 0.326 e. The van der Waals surface area contributed by atoms with Crippen LogP contribution in [0.2, 0.25) is 10.0 Å². The van der Waals surface area contributed by atoms with Gasteiger partial charge in [0.15, 0.2) is 0 Å². The summed E-state index contributed by atoms with van der Waals surface area (Å²) in [6, 6.07) is 10.2. The van der Waals surface area contributed by atoms with Gasteiger partial charge in [-0.2, -0.15) is 0 Å². The first-order valence-electron chi connectivity index (χ1n) is 12.3. The van der Waals surface area contributed by atoms with Crippen LogP contribution in [0.3, 0.4) is 0 Å². The van der Waals surface area contributed by atoms with Crippen molar-refractivity contribution in [2.45, 2.75) is 30.3 Å². The number of hydrogen-bond donors (Lipinski definition) is 2. The summed E-state index contributed by atoms with van der Waals surface area (Å²) in [7, 11) is -1.26. The van der Waals surface area contributed by atoms with Gasteiger partial charge in [-0.15, -0.1) is 0 Å². The van der Waals surface area contributed by atoms with E-state index in [1.54, 1.807) is 24.3 Å². The van der Waals surface area contributed by atoms with Crippen molar-refractivity contribution in [2.75, 3.05) is 12.8 Å². The lowest BCUT2D eigenvalue weighted by atomic mass is 9.96. The average molecular weight is 621 g/mol. The molecule has 3 aromatic carbocycles. The molecule has 12 heteroatoms. The number of halogens is 4. The van der Waals surface area contributed by atoms with Gasteiger partial charge in [-0.05, 0) is 59.5 Å². The summed E-state index contributed by atoms with van der Waals surface area (Å²) in [6.45, 7) is 0.303. The van der Waals surface area contributed by atoms with E-state index in [1.807, 2.05) is 0 Å². The quantitative estimate of drug-likeness (QED) is 0.344. The van der Waals surface area contributed by atoms with Gasteiger partial charge in [0, 0.05) is 53.1 Å². The molecular formula is C29H24Cl2F2N2O5S. The van der Waals surface area contributed by atoms with Crippen LogP contribution in [-0.4, -0.2) is 50.8 Å². The van der Waals surface area contributed by atoms with Crippen LogP contribution in [0.15, 0.2) is 59.5 Å². The molecule has 2 atom stereocenters. The van der Waals surface area contributed by atoms with E-state index in [1.165, 1.54) is 23.3 Å². The molecule has 41 heavy (non-hydrogen) atoms. The van der Waals surface area contributed by atoms with Crippen molar-refractivity contribution < 1.29 is 32.5 Å². The minimum absolute atomic E-state index is 0.0305. The van der Waals surface area contributed by atoms with E-state index in [4.69, 9.17) is 23.2 Å². The number of aliphatic carboxylic acids is 1. The fourth-order valence-electron chi connectivity index (χ4n) is 4.50. The van der Waals surface area contributed by atoms with Crippen molar-refractivity contribution in [2.24, 2.45) is 0 Å². The number of fused-ring (bicyclic) bond motifs is 1. The first-order valence-corrected chi connectivity index (χ1v) is 14.6. The van der Waals surface area contributed by atoms with Crippen LogP contribution in [0, 0.1) is 11.6 Å². The molecule has 7 nitrogen and oxygen atoms in total. The number of benzene rings is 3. The summed E-state index contributed by atoms with van der Waals surface area (Å²) < 4.78 is 39.6. The third-order valence-corrected chi connectivity index (χ3v) is 8.24.